The van der Waals surface area contributed by atoms with Gasteiger partial charge in [0.1, 0.15) is 0 Å². The fourth-order valence-corrected chi connectivity index (χ4v) is 4.06. The number of rotatable bonds is 1. The Morgan fingerprint density at radius 2 is 1.76 bits per heavy atom. The van der Waals surface area contributed by atoms with Gasteiger partial charge in [0.15, 0.2) is 0 Å². The zero-order chi connectivity index (χ0) is 11.7. The molecule has 0 spiro atoms. The topological polar surface area (TPSA) is 12.4 Å². The van der Waals surface area contributed by atoms with Gasteiger partial charge in [-0.15, -0.1) is 0 Å². The Balaban J connectivity index is 2.01. The molecule has 0 fully saturated rings. The average molecular weight is 351 g/mol. The third-order valence-corrected chi connectivity index (χ3v) is 5.44. The van der Waals surface area contributed by atoms with E-state index in [9.17, 15) is 0 Å². The second kappa shape index (κ2) is 4.77. The maximum atomic E-state index is 4.76. The van der Waals surface area contributed by atoms with Crippen molar-refractivity contribution >= 4 is 46.7 Å². The van der Waals surface area contributed by atoms with Crippen LogP contribution in [0.3, 0.4) is 0 Å². The molecule has 1 heterocycles. The number of halogens is 1. The summed E-state index contributed by atoms with van der Waals surface area (Å²) < 4.78 is 2.53. The van der Waals surface area contributed by atoms with E-state index in [1.807, 2.05) is 0 Å². The third kappa shape index (κ3) is 2.37. The molecule has 0 radical (unpaired) electrons. The van der Waals surface area contributed by atoms with E-state index >= 15 is 0 Å². The normalized spacial score (nSPS) is 14.1. The Bertz CT molecular complexity index is 575. The summed E-state index contributed by atoms with van der Waals surface area (Å²) in [6.45, 7) is 0. The molecule has 0 bridgehead atoms. The van der Waals surface area contributed by atoms with Crippen molar-refractivity contribution in [2.75, 3.05) is 0 Å². The number of para-hydroxylation sites is 1. The molecular formula is C14H10BrNSe. The van der Waals surface area contributed by atoms with E-state index in [1.165, 1.54) is 15.7 Å². The van der Waals surface area contributed by atoms with E-state index in [-0.39, 0.29) is 0 Å². The van der Waals surface area contributed by atoms with Crippen LogP contribution in [-0.4, -0.2) is 20.7 Å². The monoisotopic (exact) mass is 351 g/mol. The molecule has 84 valence electrons. The van der Waals surface area contributed by atoms with Crippen LogP contribution in [0.2, 0.25) is 5.32 Å². The number of benzene rings is 2. The van der Waals surface area contributed by atoms with Gasteiger partial charge in [-0.05, 0) is 0 Å². The maximum absolute atomic E-state index is 4.76. The molecule has 3 rings (SSSR count). The van der Waals surface area contributed by atoms with E-state index in [0.717, 1.165) is 15.5 Å². The van der Waals surface area contributed by atoms with E-state index < -0.39 is 0 Å². The van der Waals surface area contributed by atoms with Crippen molar-refractivity contribution in [1.29, 1.82) is 0 Å². The van der Waals surface area contributed by atoms with Gasteiger partial charge in [0.2, 0.25) is 0 Å². The molecule has 17 heavy (non-hydrogen) atoms. The van der Waals surface area contributed by atoms with Gasteiger partial charge < -0.3 is 0 Å². The Morgan fingerprint density at radius 1 is 1.00 bits per heavy atom. The summed E-state index contributed by atoms with van der Waals surface area (Å²) in [5, 5.41) is 1.09. The van der Waals surface area contributed by atoms with Gasteiger partial charge in [0.25, 0.3) is 0 Å². The number of aliphatic imine (C=N–C) groups is 1. The summed E-state index contributed by atoms with van der Waals surface area (Å²) in [6.07, 6.45) is 0. The summed E-state index contributed by atoms with van der Waals surface area (Å²) >= 11 is 3.97. The molecule has 1 aliphatic rings. The average Bonchev–Trinajstić information content (AvgIpc) is 2.39. The molecule has 1 aliphatic heterocycles. The molecule has 0 aromatic heterocycles. The summed E-state index contributed by atoms with van der Waals surface area (Å²) in [5.41, 5.74) is 3.61. The number of nitrogens with zero attached hydrogens (tertiary/aromatic N) is 1. The van der Waals surface area contributed by atoms with Crippen LogP contribution in [0, 0.1) is 0 Å². The first-order chi connectivity index (χ1) is 8.33. The summed E-state index contributed by atoms with van der Waals surface area (Å²) in [6, 6.07) is 16.9. The predicted octanol–water partition coefficient (Wildman–Crippen LogP) is 3.33. The molecule has 0 atom stereocenters. The molecule has 1 nitrogen and oxygen atoms in total. The molecule has 0 N–H and O–H groups in total. The Kier molecular flexibility index (Phi) is 3.15. The minimum absolute atomic E-state index is 0.515. The van der Waals surface area contributed by atoms with E-state index in [2.05, 4.69) is 64.5 Å². The van der Waals surface area contributed by atoms with Crippen molar-refractivity contribution in [2.45, 2.75) is 5.32 Å². The Hall–Kier alpha value is -0.891. The number of hydrogen-bond acceptors (Lipinski definition) is 1. The van der Waals surface area contributed by atoms with Crippen LogP contribution < -0.4 is 4.46 Å². The molecule has 2 aromatic carbocycles. The van der Waals surface area contributed by atoms with Crippen molar-refractivity contribution in [2.24, 2.45) is 4.99 Å². The van der Waals surface area contributed by atoms with E-state index in [4.69, 9.17) is 4.99 Å². The Morgan fingerprint density at radius 3 is 2.59 bits per heavy atom. The van der Waals surface area contributed by atoms with Crippen LogP contribution in [-0.2, 0) is 0 Å². The van der Waals surface area contributed by atoms with E-state index in [1.54, 1.807) is 0 Å². The van der Waals surface area contributed by atoms with Gasteiger partial charge in [-0.3, -0.25) is 0 Å². The molecule has 2 aromatic rings. The van der Waals surface area contributed by atoms with Gasteiger partial charge >= 0.3 is 116 Å². The first-order valence-electron chi connectivity index (χ1n) is 5.38. The molecule has 0 amide bonds. The van der Waals surface area contributed by atoms with Crippen molar-refractivity contribution in [3.05, 3.63) is 58.6 Å². The Labute approximate surface area is 115 Å². The standard InChI is InChI=1S/C14H10BrNSe/c15-11-7-5-10(6-8-11)13-9-17-14-4-2-1-3-12(14)16-13/h1-8H,9H2. The van der Waals surface area contributed by atoms with Crippen molar-refractivity contribution in [1.82, 2.24) is 0 Å². The number of hydrogen-bond donors (Lipinski definition) is 0. The van der Waals surface area contributed by atoms with Crippen LogP contribution in [0.1, 0.15) is 5.56 Å². The zero-order valence-electron chi connectivity index (χ0n) is 9.06. The van der Waals surface area contributed by atoms with Crippen molar-refractivity contribution in [3.63, 3.8) is 0 Å². The van der Waals surface area contributed by atoms with Gasteiger partial charge in [-0.25, -0.2) is 0 Å². The number of fused-ring (bicyclic) bond motifs is 1. The molecule has 0 saturated carbocycles. The van der Waals surface area contributed by atoms with E-state index in [0.29, 0.717) is 15.0 Å². The van der Waals surface area contributed by atoms with Gasteiger partial charge in [0.05, 0.1) is 0 Å². The van der Waals surface area contributed by atoms with Crippen LogP contribution in [0.15, 0.2) is 58.0 Å². The van der Waals surface area contributed by atoms with Gasteiger partial charge in [-0.2, -0.15) is 0 Å². The molecule has 3 heteroatoms. The van der Waals surface area contributed by atoms with Gasteiger partial charge in [-0.1, -0.05) is 0 Å². The SMILES string of the molecule is Brc1ccc(C2=Nc3ccccc3[Se]C2)cc1. The predicted molar refractivity (Wildman–Crippen MR) is 77.0 cm³/mol. The second-order valence-corrected chi connectivity index (χ2v) is 6.87. The summed E-state index contributed by atoms with van der Waals surface area (Å²) in [7, 11) is 0. The zero-order valence-corrected chi connectivity index (χ0v) is 12.4. The van der Waals surface area contributed by atoms with Crippen LogP contribution in [0.25, 0.3) is 0 Å². The molecule has 0 saturated heterocycles. The quantitative estimate of drug-likeness (QED) is 0.699. The first kappa shape index (κ1) is 11.2. The van der Waals surface area contributed by atoms with Crippen LogP contribution in [0.4, 0.5) is 5.69 Å². The second-order valence-electron chi connectivity index (χ2n) is 3.82. The molecule has 0 unspecified atom stereocenters. The van der Waals surface area contributed by atoms with Gasteiger partial charge in [0, 0.05) is 0 Å². The molecular weight excluding hydrogens is 341 g/mol. The minimum atomic E-state index is 0.515. The van der Waals surface area contributed by atoms with Crippen molar-refractivity contribution in [3.8, 4) is 0 Å². The fourth-order valence-electron chi connectivity index (χ4n) is 1.79. The van der Waals surface area contributed by atoms with Crippen LogP contribution >= 0.6 is 15.9 Å². The molecule has 0 aliphatic carbocycles. The third-order valence-electron chi connectivity index (χ3n) is 2.66. The summed E-state index contributed by atoms with van der Waals surface area (Å²) in [4.78, 5) is 4.76. The van der Waals surface area contributed by atoms with Crippen LogP contribution in [0.5, 0.6) is 0 Å². The summed E-state index contributed by atoms with van der Waals surface area (Å²) in [5.74, 6) is 0. The fraction of sp³-hybridized carbons (Fsp3) is 0.0714. The first-order valence-corrected chi connectivity index (χ1v) is 8.24. The van der Waals surface area contributed by atoms with Crippen molar-refractivity contribution < 1.29 is 0 Å².